The van der Waals surface area contributed by atoms with Crippen molar-refractivity contribution in [2.24, 2.45) is 11.8 Å². The molecule has 0 spiro atoms. The van der Waals surface area contributed by atoms with Crippen molar-refractivity contribution >= 4 is 27.8 Å². The normalized spacial score (nSPS) is 18.0. The molecule has 27 heavy (non-hydrogen) atoms. The number of aromatic amines is 1. The number of amides is 1. The third kappa shape index (κ3) is 4.08. The molecule has 2 aromatic rings. The lowest BCUT2D eigenvalue weighted by Gasteiger charge is -2.28. The second kappa shape index (κ2) is 8.25. The number of aromatic nitrogens is 2. The Bertz CT molecular complexity index is 816. The van der Waals surface area contributed by atoms with Crippen LogP contribution >= 0.6 is 15.9 Å². The molecule has 0 saturated carbocycles. The summed E-state index contributed by atoms with van der Waals surface area (Å²) in [5, 5.41) is 0. The summed E-state index contributed by atoms with van der Waals surface area (Å²) in [5.41, 5.74) is 1.94. The molecule has 1 amide bonds. The van der Waals surface area contributed by atoms with E-state index in [9.17, 15) is 9.59 Å². The Morgan fingerprint density at radius 2 is 2.00 bits per heavy atom. The number of rotatable bonds is 5. The SMILES string of the molecule is COC(=O)C(C(=O)N1CCCC1c1ncc(-c2ccc(Br)cc2)[nH]1)C(C)C. The van der Waals surface area contributed by atoms with Gasteiger partial charge < -0.3 is 14.6 Å². The average Bonchev–Trinajstić information content (AvgIpc) is 3.31. The molecule has 3 rings (SSSR count). The van der Waals surface area contributed by atoms with Crippen molar-refractivity contribution in [2.45, 2.75) is 32.7 Å². The highest BCUT2D eigenvalue weighted by atomic mass is 79.9. The smallest absolute Gasteiger partial charge is 0.318 e. The molecule has 7 heteroatoms. The van der Waals surface area contributed by atoms with E-state index in [-0.39, 0.29) is 17.9 Å². The van der Waals surface area contributed by atoms with Gasteiger partial charge in [-0.25, -0.2) is 4.98 Å². The van der Waals surface area contributed by atoms with Crippen LogP contribution in [0, 0.1) is 11.8 Å². The van der Waals surface area contributed by atoms with Crippen molar-refractivity contribution in [1.29, 1.82) is 0 Å². The van der Waals surface area contributed by atoms with Crippen molar-refractivity contribution in [1.82, 2.24) is 14.9 Å². The molecule has 0 aliphatic carbocycles. The van der Waals surface area contributed by atoms with Gasteiger partial charge in [0, 0.05) is 11.0 Å². The van der Waals surface area contributed by atoms with Gasteiger partial charge >= 0.3 is 5.97 Å². The highest BCUT2D eigenvalue weighted by molar-refractivity contribution is 9.10. The van der Waals surface area contributed by atoms with Gasteiger partial charge in [-0.3, -0.25) is 9.59 Å². The molecule has 6 nitrogen and oxygen atoms in total. The quantitative estimate of drug-likeness (QED) is 0.571. The summed E-state index contributed by atoms with van der Waals surface area (Å²) in [4.78, 5) is 34.8. The first kappa shape index (κ1) is 19.6. The Kier molecular flexibility index (Phi) is 5.99. The maximum Gasteiger partial charge on any atom is 0.318 e. The number of carbonyl (C=O) groups is 2. The molecule has 1 aliphatic rings. The van der Waals surface area contributed by atoms with Gasteiger partial charge in [0.05, 0.1) is 25.0 Å². The Balaban J connectivity index is 1.83. The zero-order valence-electron chi connectivity index (χ0n) is 15.7. The molecule has 0 radical (unpaired) electrons. The van der Waals surface area contributed by atoms with E-state index in [2.05, 4.69) is 25.9 Å². The van der Waals surface area contributed by atoms with Crippen molar-refractivity contribution < 1.29 is 14.3 Å². The lowest BCUT2D eigenvalue weighted by molar-refractivity contribution is -0.156. The topological polar surface area (TPSA) is 75.3 Å². The molecule has 2 unspecified atom stereocenters. The summed E-state index contributed by atoms with van der Waals surface area (Å²) >= 11 is 3.44. The molecule has 1 fully saturated rings. The summed E-state index contributed by atoms with van der Waals surface area (Å²) in [6.07, 6.45) is 3.50. The largest absolute Gasteiger partial charge is 0.468 e. The lowest BCUT2D eigenvalue weighted by Crippen LogP contribution is -2.42. The van der Waals surface area contributed by atoms with E-state index in [4.69, 9.17) is 4.74 Å². The monoisotopic (exact) mass is 433 g/mol. The number of carbonyl (C=O) groups excluding carboxylic acids is 2. The van der Waals surface area contributed by atoms with Gasteiger partial charge in [-0.15, -0.1) is 0 Å². The first-order valence-electron chi connectivity index (χ1n) is 9.11. The molecule has 1 aliphatic heterocycles. The molecule has 1 N–H and O–H groups in total. The van der Waals surface area contributed by atoms with Crippen LogP contribution in [0.3, 0.4) is 0 Å². The minimum atomic E-state index is -0.781. The van der Waals surface area contributed by atoms with E-state index in [0.29, 0.717) is 6.54 Å². The second-order valence-electron chi connectivity index (χ2n) is 7.12. The Hall–Kier alpha value is -2.15. The minimum absolute atomic E-state index is 0.124. The van der Waals surface area contributed by atoms with Crippen molar-refractivity contribution in [2.75, 3.05) is 13.7 Å². The minimum Gasteiger partial charge on any atom is -0.468 e. The number of hydrogen-bond donors (Lipinski definition) is 1. The lowest BCUT2D eigenvalue weighted by atomic mass is 9.94. The summed E-state index contributed by atoms with van der Waals surface area (Å²) < 4.78 is 5.87. The van der Waals surface area contributed by atoms with E-state index in [1.807, 2.05) is 38.1 Å². The van der Waals surface area contributed by atoms with Gasteiger partial charge in [-0.1, -0.05) is 41.9 Å². The highest BCUT2D eigenvalue weighted by Crippen LogP contribution is 2.34. The fraction of sp³-hybridized carbons (Fsp3) is 0.450. The summed E-state index contributed by atoms with van der Waals surface area (Å²) in [6, 6.07) is 7.82. The standard InChI is InChI=1S/C20H24BrN3O3/c1-12(2)17(20(26)27-3)19(25)24-10-4-5-16(24)18-22-11-15(23-18)13-6-8-14(21)9-7-13/h6-9,11-12,16-17H,4-5,10H2,1-3H3,(H,22,23). The predicted octanol–water partition coefficient (Wildman–Crippen LogP) is 3.95. The number of ether oxygens (including phenoxy) is 1. The van der Waals surface area contributed by atoms with Crippen molar-refractivity contribution in [3.8, 4) is 11.3 Å². The van der Waals surface area contributed by atoms with Crippen LogP contribution in [-0.2, 0) is 14.3 Å². The van der Waals surface area contributed by atoms with E-state index in [1.54, 1.807) is 11.1 Å². The average molecular weight is 434 g/mol. The van der Waals surface area contributed by atoms with Gasteiger partial charge in [-0.05, 0) is 36.5 Å². The number of nitrogens with one attached hydrogen (secondary N) is 1. The first-order chi connectivity index (χ1) is 12.9. The molecule has 1 saturated heterocycles. The van der Waals surface area contributed by atoms with Gasteiger partial charge in [0.25, 0.3) is 0 Å². The third-order valence-corrected chi connectivity index (χ3v) is 5.52. The molecular weight excluding hydrogens is 410 g/mol. The van der Waals surface area contributed by atoms with Crippen LogP contribution in [0.4, 0.5) is 0 Å². The number of likely N-dealkylation sites (tertiary alicyclic amines) is 1. The molecular formula is C20H24BrN3O3. The Labute approximate surface area is 167 Å². The summed E-state index contributed by atoms with van der Waals surface area (Å²) in [7, 11) is 1.32. The second-order valence-corrected chi connectivity index (χ2v) is 8.04. The van der Waals surface area contributed by atoms with Crippen LogP contribution in [0.1, 0.15) is 38.6 Å². The van der Waals surface area contributed by atoms with Crippen LogP contribution in [0.25, 0.3) is 11.3 Å². The van der Waals surface area contributed by atoms with Crippen LogP contribution in [0.15, 0.2) is 34.9 Å². The fourth-order valence-electron chi connectivity index (χ4n) is 3.56. The number of benzene rings is 1. The van der Waals surface area contributed by atoms with Gasteiger partial charge in [0.1, 0.15) is 11.7 Å². The molecule has 1 aromatic heterocycles. The van der Waals surface area contributed by atoms with Gasteiger partial charge in [0.15, 0.2) is 0 Å². The van der Waals surface area contributed by atoms with E-state index < -0.39 is 11.9 Å². The maximum absolute atomic E-state index is 13.1. The predicted molar refractivity (Wildman–Crippen MR) is 106 cm³/mol. The maximum atomic E-state index is 13.1. The van der Waals surface area contributed by atoms with Crippen molar-refractivity contribution in [3.05, 3.63) is 40.8 Å². The van der Waals surface area contributed by atoms with E-state index in [1.165, 1.54) is 7.11 Å². The number of hydrogen-bond acceptors (Lipinski definition) is 4. The number of methoxy groups -OCH3 is 1. The zero-order chi connectivity index (χ0) is 19.6. The fourth-order valence-corrected chi connectivity index (χ4v) is 3.82. The third-order valence-electron chi connectivity index (χ3n) is 4.99. The van der Waals surface area contributed by atoms with Crippen LogP contribution in [0.5, 0.6) is 0 Å². The molecule has 0 bridgehead atoms. The number of halogens is 1. The number of H-pyrrole nitrogens is 1. The molecule has 144 valence electrons. The zero-order valence-corrected chi connectivity index (χ0v) is 17.3. The van der Waals surface area contributed by atoms with Crippen LogP contribution in [-0.4, -0.2) is 40.4 Å². The molecule has 2 heterocycles. The first-order valence-corrected chi connectivity index (χ1v) is 9.90. The summed E-state index contributed by atoms with van der Waals surface area (Å²) in [5.74, 6) is -0.805. The number of nitrogens with zero attached hydrogens (tertiary/aromatic N) is 2. The van der Waals surface area contributed by atoms with Gasteiger partial charge in [0.2, 0.25) is 5.91 Å². The number of imidazole rings is 1. The Morgan fingerprint density at radius 3 is 2.63 bits per heavy atom. The van der Waals surface area contributed by atoms with Gasteiger partial charge in [-0.2, -0.15) is 0 Å². The van der Waals surface area contributed by atoms with Crippen LogP contribution in [0.2, 0.25) is 0 Å². The Morgan fingerprint density at radius 1 is 1.30 bits per heavy atom. The molecule has 1 aromatic carbocycles. The number of esters is 1. The highest BCUT2D eigenvalue weighted by Gasteiger charge is 2.40. The molecule has 2 atom stereocenters. The van der Waals surface area contributed by atoms with E-state index >= 15 is 0 Å². The van der Waals surface area contributed by atoms with Crippen molar-refractivity contribution in [3.63, 3.8) is 0 Å². The van der Waals surface area contributed by atoms with E-state index in [0.717, 1.165) is 34.4 Å². The van der Waals surface area contributed by atoms with Crippen LogP contribution < -0.4 is 0 Å². The summed E-state index contributed by atoms with van der Waals surface area (Å²) in [6.45, 7) is 4.35.